The van der Waals surface area contributed by atoms with E-state index in [1.807, 2.05) is 53.4 Å². The lowest BCUT2D eigenvalue weighted by molar-refractivity contribution is -0.277. The fraction of sp³-hybridized carbons (Fsp3) is 0.303. The third-order valence-corrected chi connectivity index (χ3v) is 10.1. The molecule has 5 rings (SSSR count). The summed E-state index contributed by atoms with van der Waals surface area (Å²) in [6.45, 7) is 0.565. The Morgan fingerprint density at radius 3 is 2.00 bits per heavy atom. The Balaban J connectivity index is 1.22. The highest BCUT2D eigenvalue weighted by Gasteiger charge is 2.44. The molecule has 0 aromatic heterocycles. The van der Waals surface area contributed by atoms with E-state index in [4.69, 9.17) is 9.47 Å². The van der Waals surface area contributed by atoms with Gasteiger partial charge in [0.05, 0.1) is 13.2 Å². The summed E-state index contributed by atoms with van der Waals surface area (Å²) >= 11 is 0. The summed E-state index contributed by atoms with van der Waals surface area (Å²) in [4.78, 5) is 44.8. The van der Waals surface area contributed by atoms with E-state index < -0.39 is 59.5 Å². The molecule has 5 atom stereocenters. The van der Waals surface area contributed by atoms with Gasteiger partial charge in [-0.1, -0.05) is 41.9 Å². The molecule has 3 aromatic carbocycles. The van der Waals surface area contributed by atoms with Crippen LogP contribution < -0.4 is 4.74 Å². The van der Waals surface area contributed by atoms with Crippen LogP contribution in [-0.2, 0) is 4.74 Å². The summed E-state index contributed by atoms with van der Waals surface area (Å²) in [5.41, 5.74) is 3.69. The highest BCUT2D eigenvalue weighted by Crippen LogP contribution is 2.49. The van der Waals surface area contributed by atoms with Crippen LogP contribution in [0.15, 0.2) is 77.8 Å². The van der Waals surface area contributed by atoms with Gasteiger partial charge in [-0.2, -0.15) is 0 Å². The molecule has 2 heterocycles. The first-order chi connectivity index (χ1) is 22.6. The molecule has 3 aromatic rings. The molecule has 0 spiro atoms. The lowest BCUT2D eigenvalue weighted by atomic mass is 9.99. The minimum Gasteiger partial charge on any atom is -0.462 e. The van der Waals surface area contributed by atoms with Crippen molar-refractivity contribution in [1.82, 2.24) is 4.90 Å². The van der Waals surface area contributed by atoms with Crippen molar-refractivity contribution >= 4 is 22.6 Å². The van der Waals surface area contributed by atoms with Crippen LogP contribution in [0, 0.1) is 23.7 Å². The van der Waals surface area contributed by atoms with Crippen molar-refractivity contribution in [3.63, 3.8) is 0 Å². The van der Waals surface area contributed by atoms with E-state index in [-0.39, 0.29) is 6.54 Å². The number of amidine groups is 1. The average molecular weight is 681 g/mol. The molecule has 0 bridgehead atoms. The number of nitrogens with zero attached hydrogens (tertiary/aromatic N) is 2. The summed E-state index contributed by atoms with van der Waals surface area (Å²) < 4.78 is 11.1. The van der Waals surface area contributed by atoms with E-state index in [0.29, 0.717) is 30.2 Å². The van der Waals surface area contributed by atoms with Crippen molar-refractivity contribution in [1.29, 1.82) is 0 Å². The Kier molecular flexibility index (Phi) is 11.9. The molecule has 2 aliphatic rings. The SMILES string of the molecule is OCC1OC(Oc2cccc(C#Cc3ccc(C#Cc4cccc(C5=NCCN5CC(P(O)O)P(O)O)c4)cc3)c2)C(O)C(O)C1O. The number of hydrogen-bond acceptors (Lipinski definition) is 12. The van der Waals surface area contributed by atoms with Gasteiger partial charge in [0.15, 0.2) is 16.8 Å². The van der Waals surface area contributed by atoms with Crippen LogP contribution in [0.3, 0.4) is 0 Å². The Bertz CT molecular complexity index is 1670. The summed E-state index contributed by atoms with van der Waals surface area (Å²) in [6, 6.07) is 21.7. The van der Waals surface area contributed by atoms with Crippen LogP contribution in [0.2, 0.25) is 0 Å². The summed E-state index contributed by atoms with van der Waals surface area (Å²) in [5.74, 6) is 13.4. The first kappa shape index (κ1) is 34.9. The van der Waals surface area contributed by atoms with Crippen LogP contribution >= 0.6 is 16.8 Å². The fourth-order valence-corrected chi connectivity index (χ4v) is 6.40. The van der Waals surface area contributed by atoms with Crippen LogP contribution in [0.5, 0.6) is 5.75 Å². The van der Waals surface area contributed by atoms with E-state index in [9.17, 15) is 40.0 Å². The van der Waals surface area contributed by atoms with Gasteiger partial charge in [-0.25, -0.2) is 0 Å². The van der Waals surface area contributed by atoms with E-state index in [1.54, 1.807) is 24.3 Å². The van der Waals surface area contributed by atoms with Gasteiger partial charge in [0, 0.05) is 40.9 Å². The normalized spacial score (nSPS) is 22.5. The van der Waals surface area contributed by atoms with Crippen LogP contribution in [0.1, 0.15) is 27.8 Å². The molecular formula is C33H34N2O10P2. The fourth-order valence-electron chi connectivity index (χ4n) is 4.98. The number of aliphatic hydroxyl groups is 4. The van der Waals surface area contributed by atoms with Crippen molar-refractivity contribution in [2.75, 3.05) is 26.2 Å². The highest BCUT2D eigenvalue weighted by atomic mass is 31.2. The molecule has 12 nitrogen and oxygen atoms in total. The van der Waals surface area contributed by atoms with E-state index in [2.05, 4.69) is 28.7 Å². The predicted molar refractivity (Wildman–Crippen MR) is 175 cm³/mol. The molecule has 47 heavy (non-hydrogen) atoms. The summed E-state index contributed by atoms with van der Waals surface area (Å²) in [6.07, 6.45) is -6.90. The number of benzene rings is 3. The van der Waals surface area contributed by atoms with Crippen molar-refractivity contribution in [2.45, 2.75) is 36.1 Å². The van der Waals surface area contributed by atoms with Crippen LogP contribution in [0.4, 0.5) is 0 Å². The third-order valence-electron chi connectivity index (χ3n) is 7.49. The van der Waals surface area contributed by atoms with Gasteiger partial charge in [0.25, 0.3) is 0 Å². The molecule has 8 N–H and O–H groups in total. The highest BCUT2D eigenvalue weighted by molar-refractivity contribution is 7.64. The second kappa shape index (κ2) is 16.1. The average Bonchev–Trinajstić information content (AvgIpc) is 3.54. The number of aliphatic imine (C=N–C) groups is 1. The van der Waals surface area contributed by atoms with Gasteiger partial charge < -0.3 is 54.4 Å². The zero-order valence-electron chi connectivity index (χ0n) is 24.9. The van der Waals surface area contributed by atoms with Crippen molar-refractivity contribution in [3.8, 4) is 29.4 Å². The second-order valence-corrected chi connectivity index (χ2v) is 13.7. The smallest absolute Gasteiger partial charge is 0.229 e. The van der Waals surface area contributed by atoms with E-state index in [1.165, 1.54) is 0 Å². The number of rotatable bonds is 8. The molecule has 0 amide bonds. The lowest BCUT2D eigenvalue weighted by Gasteiger charge is -2.39. The first-order valence-electron chi connectivity index (χ1n) is 14.6. The summed E-state index contributed by atoms with van der Waals surface area (Å²) in [5, 5.41) is 38.6. The largest absolute Gasteiger partial charge is 0.462 e. The standard InChI is InChI=1S/C33H34N2O10P2/c36-20-27-29(37)30(38)31(39)33(45-27)44-26-6-2-4-24(18-26)14-12-22-9-7-21(8-10-22)11-13-23-3-1-5-25(17-23)32-34-15-16-35(32)19-28(46(40)41)47(42)43/h1-10,17-18,27-31,33,36-43H,15-16,19-20H2. The monoisotopic (exact) mass is 680 g/mol. The van der Waals surface area contributed by atoms with Gasteiger partial charge in [-0.05, 0) is 54.6 Å². The maximum atomic E-state index is 10.2. The zero-order valence-corrected chi connectivity index (χ0v) is 26.7. The molecule has 14 heteroatoms. The van der Waals surface area contributed by atoms with Gasteiger partial charge >= 0.3 is 0 Å². The second-order valence-electron chi connectivity index (χ2n) is 10.8. The minimum atomic E-state index is -2.51. The van der Waals surface area contributed by atoms with Gasteiger partial charge in [-0.15, -0.1) is 0 Å². The maximum absolute atomic E-state index is 10.2. The Hall–Kier alpha value is -3.45. The molecule has 1 fully saturated rings. The van der Waals surface area contributed by atoms with Gasteiger partial charge in [-0.3, -0.25) is 4.99 Å². The maximum Gasteiger partial charge on any atom is 0.229 e. The Morgan fingerprint density at radius 1 is 0.787 bits per heavy atom. The molecule has 0 saturated carbocycles. The Labute approximate surface area is 274 Å². The number of aliphatic hydroxyl groups excluding tert-OH is 4. The van der Waals surface area contributed by atoms with Crippen molar-refractivity contribution in [2.24, 2.45) is 4.99 Å². The zero-order chi connectivity index (χ0) is 33.5. The quantitative estimate of drug-likeness (QED) is 0.123. The van der Waals surface area contributed by atoms with E-state index >= 15 is 0 Å². The molecule has 2 aliphatic heterocycles. The third kappa shape index (κ3) is 8.92. The summed E-state index contributed by atoms with van der Waals surface area (Å²) in [7, 11) is -5.02. The predicted octanol–water partition coefficient (Wildman–Crippen LogP) is 0.646. The van der Waals surface area contributed by atoms with Crippen molar-refractivity contribution in [3.05, 3.63) is 101 Å². The van der Waals surface area contributed by atoms with E-state index in [0.717, 1.165) is 22.3 Å². The van der Waals surface area contributed by atoms with Crippen molar-refractivity contribution < 1.29 is 49.5 Å². The molecule has 0 radical (unpaired) electrons. The first-order valence-corrected chi connectivity index (χ1v) is 17.2. The molecule has 0 aliphatic carbocycles. The van der Waals surface area contributed by atoms with Gasteiger partial charge in [0.2, 0.25) is 6.29 Å². The minimum absolute atomic E-state index is 0.0722. The molecule has 1 saturated heterocycles. The molecular weight excluding hydrogens is 646 g/mol. The number of hydrogen-bond donors (Lipinski definition) is 8. The number of ether oxygens (including phenoxy) is 2. The lowest BCUT2D eigenvalue weighted by Crippen LogP contribution is -2.60. The molecule has 5 unspecified atom stereocenters. The van der Waals surface area contributed by atoms with Crippen LogP contribution in [0.25, 0.3) is 0 Å². The van der Waals surface area contributed by atoms with Gasteiger partial charge in [0.1, 0.15) is 41.4 Å². The molecule has 246 valence electrons. The Morgan fingerprint density at radius 2 is 1.38 bits per heavy atom. The topological polar surface area (TPSA) is 196 Å². The van der Waals surface area contributed by atoms with Crippen LogP contribution in [-0.4, -0.2) is 113 Å².